The van der Waals surface area contributed by atoms with Crippen LogP contribution in [0.15, 0.2) is 24.3 Å². The number of rotatable bonds is 7. The lowest BCUT2D eigenvalue weighted by Gasteiger charge is -2.16. The topological polar surface area (TPSA) is 9.23 Å². The van der Waals surface area contributed by atoms with E-state index in [1.54, 1.807) is 0 Å². The molecule has 0 spiro atoms. The third-order valence-electron chi connectivity index (χ3n) is 2.28. The largest absolute Gasteiger partial charge is 0.366 e. The second-order valence-corrected chi connectivity index (χ2v) is 4.46. The van der Waals surface area contributed by atoms with Crippen molar-refractivity contribution in [3.63, 3.8) is 0 Å². The summed E-state index contributed by atoms with van der Waals surface area (Å²) in [6, 6.07) is 0. The highest BCUT2D eigenvalue weighted by atomic mass is 31.0. The van der Waals surface area contributed by atoms with Gasteiger partial charge in [0.05, 0.1) is 6.61 Å². The monoisotopic (exact) mass is 218 g/mol. The Hall–Kier alpha value is -0.130. The molecule has 0 aliphatic rings. The van der Waals surface area contributed by atoms with Crippen molar-refractivity contribution in [3.05, 3.63) is 24.3 Å². The van der Waals surface area contributed by atoms with Gasteiger partial charge in [-0.1, -0.05) is 38.2 Å². The first-order chi connectivity index (χ1) is 6.57. The van der Waals surface area contributed by atoms with Gasteiger partial charge >= 0.3 is 0 Å². The molecule has 0 aromatic rings. The van der Waals surface area contributed by atoms with Crippen LogP contribution in [0.2, 0.25) is 0 Å². The van der Waals surface area contributed by atoms with Crippen LogP contribution >= 0.6 is 9.47 Å². The van der Waals surface area contributed by atoms with Crippen molar-refractivity contribution in [2.45, 2.75) is 33.6 Å². The summed E-state index contributed by atoms with van der Waals surface area (Å²) in [6.45, 7) is 11.2. The summed E-state index contributed by atoms with van der Waals surface area (Å²) < 4.78 is 4.97. The van der Waals surface area contributed by atoms with Gasteiger partial charge in [0.2, 0.25) is 0 Å². The van der Waals surface area contributed by atoms with E-state index in [0.717, 1.165) is 18.6 Å². The van der Waals surface area contributed by atoms with Gasteiger partial charge < -0.3 is 4.52 Å². The van der Waals surface area contributed by atoms with Crippen LogP contribution in [0.1, 0.15) is 35.0 Å². The molecule has 0 bridgehead atoms. The molecule has 84 valence electrons. The Morgan fingerprint density at radius 2 is 2.21 bits per heavy atom. The maximum Gasteiger partial charge on any atom is 0.0502 e. The molecule has 0 saturated carbocycles. The Bertz CT molecular complexity index is 190. The second kappa shape index (κ2) is 8.20. The molecule has 0 heterocycles. The van der Waals surface area contributed by atoms with E-state index in [-0.39, 0.29) is 1.43 Å². The van der Waals surface area contributed by atoms with Crippen LogP contribution < -0.4 is 0 Å². The van der Waals surface area contributed by atoms with E-state index in [0.29, 0.717) is 11.8 Å². The summed E-state index contributed by atoms with van der Waals surface area (Å²) in [5.74, 6) is 1.34. The Morgan fingerprint density at radius 1 is 1.57 bits per heavy atom. The molecule has 0 aromatic carbocycles. The summed E-state index contributed by atoms with van der Waals surface area (Å²) in [6.07, 6.45) is 6.70. The van der Waals surface area contributed by atoms with Gasteiger partial charge in [0, 0.05) is 10.9 Å². The molecule has 0 radical (unpaired) electrons. The fourth-order valence-corrected chi connectivity index (χ4v) is 1.51. The third kappa shape index (κ3) is 7.29. The maximum atomic E-state index is 4.97. The Kier molecular flexibility index (Phi) is 8.12. The third-order valence-corrected chi connectivity index (χ3v) is 2.52. The fourth-order valence-electron chi connectivity index (χ4n) is 1.34. The zero-order valence-corrected chi connectivity index (χ0v) is 10.8. The van der Waals surface area contributed by atoms with Gasteiger partial charge in [0.1, 0.15) is 0 Å². The van der Waals surface area contributed by atoms with E-state index in [2.05, 4.69) is 42.0 Å². The summed E-state index contributed by atoms with van der Waals surface area (Å²) >= 11 is 0. The molecule has 14 heavy (non-hydrogen) atoms. The molecule has 2 heteroatoms. The molecule has 1 unspecified atom stereocenters. The van der Waals surface area contributed by atoms with E-state index in [1.807, 2.05) is 6.92 Å². The summed E-state index contributed by atoms with van der Waals surface area (Å²) in [4.78, 5) is 0. The molecule has 1 nitrogen and oxygen atoms in total. The van der Waals surface area contributed by atoms with E-state index >= 15 is 0 Å². The van der Waals surface area contributed by atoms with Crippen LogP contribution in [0.25, 0.3) is 0 Å². The molecule has 0 aliphatic heterocycles. The van der Waals surface area contributed by atoms with Crippen LogP contribution in [0.3, 0.4) is 0 Å². The van der Waals surface area contributed by atoms with Crippen LogP contribution in [-0.2, 0) is 4.52 Å². The van der Waals surface area contributed by atoms with Gasteiger partial charge in [-0.15, -0.1) is 0 Å². The van der Waals surface area contributed by atoms with Crippen LogP contribution in [-0.4, -0.2) is 6.61 Å². The minimum absolute atomic E-state index is 0. The normalized spacial score (nSPS) is 13.8. The molecule has 0 amide bonds. The van der Waals surface area contributed by atoms with Crippen molar-refractivity contribution < 1.29 is 5.95 Å². The van der Waals surface area contributed by atoms with Crippen molar-refractivity contribution in [1.29, 1.82) is 0 Å². The lowest BCUT2D eigenvalue weighted by Crippen LogP contribution is -2.06. The Morgan fingerprint density at radius 3 is 2.64 bits per heavy atom. The second-order valence-electron chi connectivity index (χ2n) is 4.13. The molecule has 0 aromatic heterocycles. The van der Waals surface area contributed by atoms with Gasteiger partial charge in [-0.3, -0.25) is 0 Å². The maximum absolute atomic E-state index is 4.97. The van der Waals surface area contributed by atoms with Crippen molar-refractivity contribution in [2.75, 3.05) is 6.61 Å². The summed E-state index contributed by atoms with van der Waals surface area (Å²) in [7, 11) is 2.30. The standard InChI is InChI=1S/C12H23OP.H2/c1-10(2)7-8-12(11(3)4)6-5-9-13-14;/h7-8,11-12H,1,5-6,9,14H2,2-4H3;1H/b8-7+;/t12-;/m1./s1/i;1+2. The van der Waals surface area contributed by atoms with Gasteiger partial charge in [-0.2, -0.15) is 0 Å². The first-order valence-corrected chi connectivity index (χ1v) is 5.70. The number of hydrogen-bond donors (Lipinski definition) is 0. The summed E-state index contributed by atoms with van der Waals surface area (Å²) in [5.41, 5.74) is 1.12. The molecule has 0 saturated heterocycles. The average molecular weight is 218 g/mol. The average Bonchev–Trinajstić information content (AvgIpc) is 2.10. The number of hydrogen-bond acceptors (Lipinski definition) is 1. The molecule has 0 rings (SSSR count). The lowest BCUT2D eigenvalue weighted by molar-refractivity contribution is 0.326. The van der Waals surface area contributed by atoms with Gasteiger partial charge in [-0.05, 0) is 31.6 Å². The van der Waals surface area contributed by atoms with Crippen molar-refractivity contribution in [3.8, 4) is 0 Å². The molecule has 0 aliphatic carbocycles. The van der Waals surface area contributed by atoms with E-state index in [1.165, 1.54) is 6.42 Å². The highest BCUT2D eigenvalue weighted by Crippen LogP contribution is 2.19. The predicted molar refractivity (Wildman–Crippen MR) is 69.3 cm³/mol. The van der Waals surface area contributed by atoms with Gasteiger partial charge in [0.25, 0.3) is 0 Å². The van der Waals surface area contributed by atoms with E-state index in [9.17, 15) is 0 Å². The van der Waals surface area contributed by atoms with Crippen LogP contribution in [0, 0.1) is 11.8 Å². The molecule has 0 fully saturated rings. The minimum atomic E-state index is 0. The van der Waals surface area contributed by atoms with E-state index < -0.39 is 0 Å². The molecular formula is C12H25OP. The van der Waals surface area contributed by atoms with Crippen molar-refractivity contribution >= 4 is 9.47 Å². The zero-order valence-electron chi connectivity index (χ0n) is 9.62. The van der Waals surface area contributed by atoms with Gasteiger partial charge in [0.15, 0.2) is 0 Å². The SMILES string of the molecule is C=C(C)/C=C/[C@@H](CCCOP)C(C)C.[3HH]. The highest BCUT2D eigenvalue weighted by Gasteiger charge is 2.08. The smallest absolute Gasteiger partial charge is 0.0502 e. The Labute approximate surface area is 92.4 Å². The zero-order chi connectivity index (χ0) is 11.0. The van der Waals surface area contributed by atoms with E-state index in [4.69, 9.17) is 4.52 Å². The number of allylic oxidation sites excluding steroid dienone is 3. The predicted octanol–water partition coefficient (Wildman–Crippen LogP) is 4.22. The first-order valence-electron chi connectivity index (χ1n) is 5.23. The molecular weight excluding hydrogens is 191 g/mol. The van der Waals surface area contributed by atoms with Crippen LogP contribution in [0.4, 0.5) is 0 Å². The summed E-state index contributed by atoms with van der Waals surface area (Å²) in [5, 5.41) is 0. The Balaban J connectivity index is 0. The fraction of sp³-hybridized carbons (Fsp3) is 0.667. The molecule has 0 N–H and O–H groups in total. The highest BCUT2D eigenvalue weighted by molar-refractivity contribution is 7.09. The first kappa shape index (κ1) is 13.9. The lowest BCUT2D eigenvalue weighted by atomic mass is 9.90. The quantitative estimate of drug-likeness (QED) is 0.353. The molecule has 2 atom stereocenters. The van der Waals surface area contributed by atoms with Crippen LogP contribution in [0.5, 0.6) is 0 Å². The van der Waals surface area contributed by atoms with Crippen molar-refractivity contribution in [2.24, 2.45) is 11.8 Å². The van der Waals surface area contributed by atoms with Crippen molar-refractivity contribution in [1.82, 2.24) is 0 Å². The minimum Gasteiger partial charge on any atom is -0.366 e. The van der Waals surface area contributed by atoms with Gasteiger partial charge in [-0.25, -0.2) is 0 Å².